The number of alkyl halides is 3. The Hall–Kier alpha value is -2.95. The van der Waals surface area contributed by atoms with Crippen LogP contribution in [0, 0.1) is 0 Å². The van der Waals surface area contributed by atoms with E-state index in [9.17, 15) is 18.0 Å². The quantitative estimate of drug-likeness (QED) is 0.698. The van der Waals surface area contributed by atoms with Crippen molar-refractivity contribution >= 4 is 11.7 Å². The third-order valence-corrected chi connectivity index (χ3v) is 4.74. The van der Waals surface area contributed by atoms with E-state index in [1.165, 1.54) is 18.8 Å². The highest BCUT2D eigenvalue weighted by Gasteiger charge is 2.36. The molecule has 0 bridgehead atoms. The number of nitrogens with zero attached hydrogens (tertiary/aromatic N) is 5. The van der Waals surface area contributed by atoms with Gasteiger partial charge in [0.2, 0.25) is 5.82 Å². The van der Waals surface area contributed by atoms with Gasteiger partial charge in [-0.05, 0) is 44.1 Å². The number of carbonyl (C=O) groups excluding carboxylic acids is 1. The van der Waals surface area contributed by atoms with Gasteiger partial charge in [-0.1, -0.05) is 6.42 Å². The Labute approximate surface area is 163 Å². The molecule has 29 heavy (non-hydrogen) atoms. The molecule has 4 heterocycles. The Balaban J connectivity index is 1.56. The molecule has 11 heteroatoms. The number of aromatic nitrogens is 4. The number of rotatable bonds is 5. The predicted molar refractivity (Wildman–Crippen MR) is 96.1 cm³/mol. The molecule has 0 spiro atoms. The molecule has 1 N–H and O–H groups in total. The highest BCUT2D eigenvalue weighted by atomic mass is 19.4. The Morgan fingerprint density at radius 2 is 2.00 bits per heavy atom. The van der Waals surface area contributed by atoms with Crippen molar-refractivity contribution in [2.75, 3.05) is 26.2 Å². The lowest BCUT2D eigenvalue weighted by Gasteiger charge is -2.26. The van der Waals surface area contributed by atoms with Crippen LogP contribution >= 0.6 is 0 Å². The molecular weight excluding hydrogens is 389 g/mol. The first-order valence-corrected chi connectivity index (χ1v) is 9.31. The van der Waals surface area contributed by atoms with E-state index in [0.29, 0.717) is 17.6 Å². The van der Waals surface area contributed by atoms with E-state index in [2.05, 4.69) is 25.3 Å². The summed E-state index contributed by atoms with van der Waals surface area (Å²) < 4.78 is 46.2. The topological polar surface area (TPSA) is 88.6 Å². The number of fused-ring (bicyclic) bond motifs is 1. The molecular formula is C18H19F3N6O2. The van der Waals surface area contributed by atoms with Gasteiger partial charge in [0.05, 0.1) is 6.26 Å². The van der Waals surface area contributed by atoms with E-state index in [0.717, 1.165) is 32.0 Å². The maximum Gasteiger partial charge on any atom is 0.433 e. The first-order valence-electron chi connectivity index (χ1n) is 9.31. The fourth-order valence-corrected chi connectivity index (χ4v) is 3.31. The fourth-order valence-electron chi connectivity index (χ4n) is 3.31. The third kappa shape index (κ3) is 4.24. The maximum absolute atomic E-state index is 13.5. The molecule has 3 aromatic rings. The summed E-state index contributed by atoms with van der Waals surface area (Å²) in [5.74, 6) is -1.17. The second kappa shape index (κ2) is 7.82. The van der Waals surface area contributed by atoms with Crippen molar-refractivity contribution in [1.29, 1.82) is 0 Å². The molecule has 1 saturated heterocycles. The molecule has 1 aliphatic rings. The van der Waals surface area contributed by atoms with Crippen molar-refractivity contribution < 1.29 is 22.4 Å². The van der Waals surface area contributed by atoms with E-state index >= 15 is 0 Å². The monoisotopic (exact) mass is 408 g/mol. The van der Waals surface area contributed by atoms with Crippen LogP contribution in [0.1, 0.15) is 35.6 Å². The summed E-state index contributed by atoms with van der Waals surface area (Å²) in [4.78, 5) is 22.5. The second-order valence-electron chi connectivity index (χ2n) is 6.81. The van der Waals surface area contributed by atoms with E-state index in [1.807, 2.05) is 0 Å². The summed E-state index contributed by atoms with van der Waals surface area (Å²) in [6, 6.07) is 3.85. The van der Waals surface area contributed by atoms with E-state index in [4.69, 9.17) is 4.42 Å². The molecule has 1 amide bonds. The van der Waals surface area contributed by atoms with Gasteiger partial charge in [0.25, 0.3) is 11.7 Å². The Kier molecular flexibility index (Phi) is 5.22. The van der Waals surface area contributed by atoms with Gasteiger partial charge < -0.3 is 14.6 Å². The van der Waals surface area contributed by atoms with Gasteiger partial charge in [-0.15, -0.1) is 5.10 Å². The van der Waals surface area contributed by atoms with Crippen LogP contribution < -0.4 is 5.32 Å². The molecule has 4 rings (SSSR count). The minimum absolute atomic E-state index is 0.0423. The number of furan rings is 1. The van der Waals surface area contributed by atoms with Gasteiger partial charge in [0, 0.05) is 13.1 Å². The highest BCUT2D eigenvalue weighted by molar-refractivity contribution is 5.90. The molecule has 0 radical (unpaired) electrons. The molecule has 3 aromatic heterocycles. The maximum atomic E-state index is 13.5. The summed E-state index contributed by atoms with van der Waals surface area (Å²) in [6.07, 6.45) is 0.0952. The van der Waals surface area contributed by atoms with Gasteiger partial charge in [-0.2, -0.15) is 22.7 Å². The second-order valence-corrected chi connectivity index (χ2v) is 6.81. The van der Waals surface area contributed by atoms with Crippen LogP contribution in [0.5, 0.6) is 0 Å². The standard InChI is InChI=1S/C18H19F3N6O2/c19-18(20,21)14-11-12(13-5-4-10-29-13)23-17-24-15(25-27(14)17)16(28)22-6-9-26-7-2-1-3-8-26/h4-5,10-11H,1-3,6-9H2,(H,22,28). The average molecular weight is 408 g/mol. The van der Waals surface area contributed by atoms with E-state index < -0.39 is 17.8 Å². The van der Waals surface area contributed by atoms with Crippen LogP contribution in [0.15, 0.2) is 28.9 Å². The van der Waals surface area contributed by atoms with Gasteiger partial charge in [-0.25, -0.2) is 4.98 Å². The minimum atomic E-state index is -4.71. The smallest absolute Gasteiger partial charge is 0.433 e. The molecule has 0 aliphatic carbocycles. The lowest BCUT2D eigenvalue weighted by atomic mass is 10.1. The fraction of sp³-hybridized carbons (Fsp3) is 0.444. The van der Waals surface area contributed by atoms with Crippen LogP contribution in [0.25, 0.3) is 17.2 Å². The Morgan fingerprint density at radius 1 is 1.21 bits per heavy atom. The van der Waals surface area contributed by atoms with Gasteiger partial charge >= 0.3 is 6.18 Å². The third-order valence-electron chi connectivity index (χ3n) is 4.74. The molecule has 1 aliphatic heterocycles. The largest absolute Gasteiger partial charge is 0.463 e. The van der Waals surface area contributed by atoms with Crippen LogP contribution in [0.2, 0.25) is 0 Å². The van der Waals surface area contributed by atoms with Crippen molar-refractivity contribution in [1.82, 2.24) is 29.8 Å². The molecule has 1 fully saturated rings. The molecule has 0 atom stereocenters. The normalized spacial score (nSPS) is 15.7. The molecule has 0 unspecified atom stereocenters. The summed E-state index contributed by atoms with van der Waals surface area (Å²) in [6.45, 7) is 3.01. The summed E-state index contributed by atoms with van der Waals surface area (Å²) in [7, 11) is 0. The van der Waals surface area contributed by atoms with E-state index in [1.54, 1.807) is 6.07 Å². The highest BCUT2D eigenvalue weighted by Crippen LogP contribution is 2.31. The Morgan fingerprint density at radius 3 is 2.69 bits per heavy atom. The predicted octanol–water partition coefficient (Wildman–Crippen LogP) is 2.62. The number of hydrogen-bond acceptors (Lipinski definition) is 6. The molecule has 0 saturated carbocycles. The lowest BCUT2D eigenvalue weighted by molar-refractivity contribution is -0.142. The first kappa shape index (κ1) is 19.4. The van der Waals surface area contributed by atoms with Crippen molar-refractivity contribution in [3.63, 3.8) is 0 Å². The number of hydrogen-bond donors (Lipinski definition) is 1. The van der Waals surface area contributed by atoms with E-state index in [-0.39, 0.29) is 23.1 Å². The average Bonchev–Trinajstić information content (AvgIpc) is 3.37. The summed E-state index contributed by atoms with van der Waals surface area (Å²) in [5, 5.41) is 6.39. The Bertz CT molecular complexity index is 993. The zero-order valence-electron chi connectivity index (χ0n) is 15.4. The molecule has 154 valence electrons. The summed E-state index contributed by atoms with van der Waals surface area (Å²) >= 11 is 0. The number of likely N-dealkylation sites (tertiary alicyclic amines) is 1. The molecule has 0 aromatic carbocycles. The van der Waals surface area contributed by atoms with Crippen LogP contribution in [0.4, 0.5) is 13.2 Å². The zero-order valence-corrected chi connectivity index (χ0v) is 15.4. The number of piperidine rings is 1. The number of carbonyl (C=O) groups is 1. The summed E-state index contributed by atoms with van der Waals surface area (Å²) in [5.41, 5.74) is -1.13. The van der Waals surface area contributed by atoms with Crippen LogP contribution in [-0.2, 0) is 6.18 Å². The lowest BCUT2D eigenvalue weighted by Crippen LogP contribution is -2.37. The number of halogens is 3. The van der Waals surface area contributed by atoms with Gasteiger partial charge in [-0.3, -0.25) is 4.79 Å². The van der Waals surface area contributed by atoms with Crippen molar-refractivity contribution in [2.24, 2.45) is 0 Å². The van der Waals surface area contributed by atoms with Gasteiger partial charge in [0.15, 0.2) is 11.5 Å². The van der Waals surface area contributed by atoms with Crippen LogP contribution in [-0.4, -0.2) is 56.6 Å². The van der Waals surface area contributed by atoms with Crippen molar-refractivity contribution in [2.45, 2.75) is 25.4 Å². The number of amides is 1. The molecule has 8 nitrogen and oxygen atoms in total. The number of nitrogens with one attached hydrogen (secondary N) is 1. The van der Waals surface area contributed by atoms with Gasteiger partial charge in [0.1, 0.15) is 5.69 Å². The van der Waals surface area contributed by atoms with Crippen molar-refractivity contribution in [3.05, 3.63) is 36.0 Å². The first-order chi connectivity index (χ1) is 13.9. The van der Waals surface area contributed by atoms with Crippen LogP contribution in [0.3, 0.4) is 0 Å². The zero-order chi connectivity index (χ0) is 20.4. The van der Waals surface area contributed by atoms with Crippen molar-refractivity contribution in [3.8, 4) is 11.5 Å². The minimum Gasteiger partial charge on any atom is -0.463 e. The SMILES string of the molecule is O=C(NCCN1CCCCC1)c1nc2nc(-c3ccco3)cc(C(F)(F)F)n2n1.